The number of benzene rings is 1. The van der Waals surface area contributed by atoms with Crippen LogP contribution in [0.4, 0.5) is 0 Å². The molecule has 0 N–H and O–H groups in total. The van der Waals surface area contributed by atoms with E-state index in [1.807, 2.05) is 0 Å². The van der Waals surface area contributed by atoms with Crippen molar-refractivity contribution in [3.63, 3.8) is 0 Å². The minimum atomic E-state index is -0.371. The van der Waals surface area contributed by atoms with E-state index in [2.05, 4.69) is 6.58 Å². The molecule has 0 saturated heterocycles. The van der Waals surface area contributed by atoms with Gasteiger partial charge in [0.25, 0.3) is 0 Å². The SMILES string of the molecule is C=CCCCOC(=O)c1ccccc1Cl. The van der Waals surface area contributed by atoms with Crippen molar-refractivity contribution in [2.75, 3.05) is 6.61 Å². The first kappa shape index (κ1) is 11.8. The molecule has 0 aromatic heterocycles. The smallest absolute Gasteiger partial charge is 0.339 e. The van der Waals surface area contributed by atoms with Gasteiger partial charge in [-0.1, -0.05) is 29.8 Å². The van der Waals surface area contributed by atoms with Crippen LogP contribution in [0.5, 0.6) is 0 Å². The Morgan fingerprint density at radius 1 is 1.47 bits per heavy atom. The van der Waals surface area contributed by atoms with Crippen LogP contribution in [0.3, 0.4) is 0 Å². The van der Waals surface area contributed by atoms with E-state index >= 15 is 0 Å². The summed E-state index contributed by atoms with van der Waals surface area (Å²) in [6, 6.07) is 6.85. The molecule has 1 aromatic carbocycles. The van der Waals surface area contributed by atoms with Crippen molar-refractivity contribution in [3.05, 3.63) is 47.5 Å². The van der Waals surface area contributed by atoms with E-state index in [0.29, 0.717) is 17.2 Å². The standard InChI is InChI=1S/C12H13ClO2/c1-2-3-6-9-15-12(14)10-7-4-5-8-11(10)13/h2,4-5,7-8H,1,3,6,9H2. The number of unbranched alkanes of at least 4 members (excludes halogenated alkanes) is 1. The zero-order valence-corrected chi connectivity index (χ0v) is 9.17. The van der Waals surface area contributed by atoms with E-state index in [1.165, 1.54) is 0 Å². The number of carbonyl (C=O) groups excluding carboxylic acids is 1. The quantitative estimate of drug-likeness (QED) is 0.435. The molecule has 0 atom stereocenters. The van der Waals surface area contributed by atoms with Crippen LogP contribution in [0.25, 0.3) is 0 Å². The lowest BCUT2D eigenvalue weighted by atomic mass is 10.2. The van der Waals surface area contributed by atoms with Crippen molar-refractivity contribution < 1.29 is 9.53 Å². The summed E-state index contributed by atoms with van der Waals surface area (Å²) >= 11 is 5.84. The summed E-state index contributed by atoms with van der Waals surface area (Å²) in [5.41, 5.74) is 0.415. The second-order valence-electron chi connectivity index (χ2n) is 3.05. The Bertz CT molecular complexity index is 347. The summed E-state index contributed by atoms with van der Waals surface area (Å²) in [7, 11) is 0. The highest BCUT2D eigenvalue weighted by atomic mass is 35.5. The number of halogens is 1. The maximum absolute atomic E-state index is 11.5. The monoisotopic (exact) mass is 224 g/mol. The Kier molecular flexibility index (Phi) is 4.91. The second-order valence-corrected chi connectivity index (χ2v) is 3.45. The number of ether oxygens (including phenoxy) is 1. The molecule has 0 heterocycles. The third kappa shape index (κ3) is 3.76. The van der Waals surface area contributed by atoms with Gasteiger partial charge < -0.3 is 4.74 Å². The molecule has 0 fully saturated rings. The van der Waals surface area contributed by atoms with Crippen LogP contribution in [0.15, 0.2) is 36.9 Å². The van der Waals surface area contributed by atoms with E-state index in [4.69, 9.17) is 16.3 Å². The Labute approximate surface area is 94.5 Å². The Balaban J connectivity index is 2.47. The fourth-order valence-electron chi connectivity index (χ4n) is 1.10. The van der Waals surface area contributed by atoms with Gasteiger partial charge in [-0.25, -0.2) is 4.79 Å². The van der Waals surface area contributed by atoms with Crippen molar-refractivity contribution in [2.24, 2.45) is 0 Å². The van der Waals surface area contributed by atoms with Gasteiger partial charge in [0.05, 0.1) is 17.2 Å². The molecule has 1 aromatic rings. The summed E-state index contributed by atoms with van der Waals surface area (Å²) in [4.78, 5) is 11.5. The molecular weight excluding hydrogens is 212 g/mol. The minimum Gasteiger partial charge on any atom is -0.462 e. The molecule has 1 rings (SSSR count). The lowest BCUT2D eigenvalue weighted by molar-refractivity contribution is 0.0501. The molecule has 0 bridgehead atoms. The van der Waals surface area contributed by atoms with E-state index in [1.54, 1.807) is 30.3 Å². The first-order valence-electron chi connectivity index (χ1n) is 4.78. The van der Waals surface area contributed by atoms with Gasteiger partial charge in [0.2, 0.25) is 0 Å². The average molecular weight is 225 g/mol. The first-order valence-corrected chi connectivity index (χ1v) is 5.16. The van der Waals surface area contributed by atoms with Crippen molar-refractivity contribution in [1.29, 1.82) is 0 Å². The predicted molar refractivity (Wildman–Crippen MR) is 61.2 cm³/mol. The molecule has 80 valence electrons. The van der Waals surface area contributed by atoms with Crippen molar-refractivity contribution in [3.8, 4) is 0 Å². The summed E-state index contributed by atoms with van der Waals surface area (Å²) < 4.78 is 5.04. The van der Waals surface area contributed by atoms with Crippen LogP contribution in [-0.2, 0) is 4.74 Å². The highest BCUT2D eigenvalue weighted by molar-refractivity contribution is 6.33. The van der Waals surface area contributed by atoms with Crippen LogP contribution in [0, 0.1) is 0 Å². The molecule has 15 heavy (non-hydrogen) atoms. The van der Waals surface area contributed by atoms with Crippen molar-refractivity contribution in [1.82, 2.24) is 0 Å². The van der Waals surface area contributed by atoms with Crippen molar-refractivity contribution in [2.45, 2.75) is 12.8 Å². The number of allylic oxidation sites excluding steroid dienone is 1. The van der Waals surface area contributed by atoms with Crippen LogP contribution in [0.2, 0.25) is 5.02 Å². The van der Waals surface area contributed by atoms with Gasteiger partial charge in [0.1, 0.15) is 0 Å². The number of hydrogen-bond donors (Lipinski definition) is 0. The number of hydrogen-bond acceptors (Lipinski definition) is 2. The van der Waals surface area contributed by atoms with E-state index < -0.39 is 0 Å². The number of rotatable bonds is 5. The molecule has 0 radical (unpaired) electrons. The number of carbonyl (C=O) groups is 1. The van der Waals surface area contributed by atoms with Crippen LogP contribution < -0.4 is 0 Å². The third-order valence-corrected chi connectivity index (χ3v) is 2.21. The Morgan fingerprint density at radius 2 is 2.20 bits per heavy atom. The fraction of sp³-hybridized carbons (Fsp3) is 0.250. The zero-order chi connectivity index (χ0) is 11.1. The molecule has 0 amide bonds. The summed E-state index contributed by atoms with van der Waals surface area (Å²) in [6.45, 7) is 3.99. The third-order valence-electron chi connectivity index (χ3n) is 1.88. The molecule has 0 saturated carbocycles. The van der Waals surface area contributed by atoms with E-state index in [-0.39, 0.29) is 5.97 Å². The molecule has 0 aliphatic heterocycles. The second kappa shape index (κ2) is 6.25. The van der Waals surface area contributed by atoms with E-state index in [9.17, 15) is 4.79 Å². The molecule has 2 nitrogen and oxygen atoms in total. The normalized spacial score (nSPS) is 9.67. The average Bonchev–Trinajstić information content (AvgIpc) is 2.25. The van der Waals surface area contributed by atoms with Gasteiger partial charge in [-0.15, -0.1) is 6.58 Å². The lowest BCUT2D eigenvalue weighted by Gasteiger charge is -2.04. The maximum atomic E-state index is 11.5. The number of esters is 1. The van der Waals surface area contributed by atoms with E-state index in [0.717, 1.165) is 12.8 Å². The molecule has 3 heteroatoms. The topological polar surface area (TPSA) is 26.3 Å². The summed E-state index contributed by atoms with van der Waals surface area (Å²) in [6.07, 6.45) is 3.43. The fourth-order valence-corrected chi connectivity index (χ4v) is 1.31. The van der Waals surface area contributed by atoms with Gasteiger partial charge in [0.15, 0.2) is 0 Å². The van der Waals surface area contributed by atoms with Crippen LogP contribution in [-0.4, -0.2) is 12.6 Å². The zero-order valence-electron chi connectivity index (χ0n) is 8.41. The van der Waals surface area contributed by atoms with Gasteiger partial charge in [-0.2, -0.15) is 0 Å². The van der Waals surface area contributed by atoms with Gasteiger partial charge in [-0.05, 0) is 25.0 Å². The molecular formula is C12H13ClO2. The highest BCUT2D eigenvalue weighted by Gasteiger charge is 2.09. The Hall–Kier alpha value is -1.28. The van der Waals surface area contributed by atoms with Gasteiger partial charge in [0, 0.05) is 0 Å². The Morgan fingerprint density at radius 3 is 2.87 bits per heavy atom. The lowest BCUT2D eigenvalue weighted by Crippen LogP contribution is -2.06. The minimum absolute atomic E-state index is 0.371. The van der Waals surface area contributed by atoms with Crippen molar-refractivity contribution >= 4 is 17.6 Å². The van der Waals surface area contributed by atoms with Gasteiger partial charge >= 0.3 is 5.97 Å². The van der Waals surface area contributed by atoms with Crippen LogP contribution in [0.1, 0.15) is 23.2 Å². The maximum Gasteiger partial charge on any atom is 0.339 e. The molecule has 0 aliphatic rings. The molecule has 0 spiro atoms. The molecule has 0 aliphatic carbocycles. The van der Waals surface area contributed by atoms with Gasteiger partial charge in [-0.3, -0.25) is 0 Å². The highest BCUT2D eigenvalue weighted by Crippen LogP contribution is 2.15. The summed E-state index contributed by atoms with van der Waals surface area (Å²) in [5.74, 6) is -0.371. The largest absolute Gasteiger partial charge is 0.462 e. The molecule has 0 unspecified atom stereocenters. The summed E-state index contributed by atoms with van der Waals surface area (Å²) in [5, 5.41) is 0.422. The predicted octanol–water partition coefficient (Wildman–Crippen LogP) is 3.46. The van der Waals surface area contributed by atoms with Crippen LogP contribution >= 0.6 is 11.6 Å². The first-order chi connectivity index (χ1) is 7.25.